The molecule has 1 heterocycles. The summed E-state index contributed by atoms with van der Waals surface area (Å²) in [7, 11) is 0. The van der Waals surface area contributed by atoms with Gasteiger partial charge in [-0.1, -0.05) is 22.9 Å². The Kier molecular flexibility index (Phi) is 4.82. The lowest BCUT2D eigenvalue weighted by molar-refractivity contribution is -0.139. The maximum atomic E-state index is 11.0. The quantitative estimate of drug-likeness (QED) is 0.873. The summed E-state index contributed by atoms with van der Waals surface area (Å²) in [5, 5.41) is 12.1. The van der Waals surface area contributed by atoms with Gasteiger partial charge < -0.3 is 15.2 Å². The first-order valence-electron chi connectivity index (χ1n) is 6.52. The molecule has 0 amide bonds. The van der Waals surface area contributed by atoms with E-state index in [1.54, 1.807) is 0 Å². The fraction of sp³-hybridized carbons (Fsp3) is 0.500. The number of hydrogen-bond donors (Lipinski definition) is 2. The fourth-order valence-corrected chi connectivity index (χ4v) is 2.84. The Morgan fingerprint density at radius 2 is 2.37 bits per heavy atom. The topological polar surface area (TPSA) is 58.6 Å². The van der Waals surface area contributed by atoms with Crippen LogP contribution in [-0.2, 0) is 17.8 Å². The van der Waals surface area contributed by atoms with E-state index in [9.17, 15) is 4.79 Å². The average molecular weight is 328 g/mol. The van der Waals surface area contributed by atoms with Crippen LogP contribution in [0.2, 0.25) is 0 Å². The molecule has 1 atom stereocenters. The maximum Gasteiger partial charge on any atom is 0.320 e. The number of carbonyl (C=O) groups is 1. The van der Waals surface area contributed by atoms with Crippen molar-refractivity contribution in [3.63, 3.8) is 0 Å². The number of hydrogen-bond acceptors (Lipinski definition) is 3. The molecule has 0 aromatic heterocycles. The number of aliphatic carboxylic acids is 1. The molecule has 0 unspecified atom stereocenters. The predicted octanol–water partition coefficient (Wildman–Crippen LogP) is 2.73. The molecule has 2 N–H and O–H groups in total. The second-order valence-electron chi connectivity index (χ2n) is 4.69. The molecular weight excluding hydrogens is 310 g/mol. The van der Waals surface area contributed by atoms with Gasteiger partial charge in [-0.3, -0.25) is 4.79 Å². The van der Waals surface area contributed by atoms with E-state index in [0.717, 1.165) is 35.2 Å². The van der Waals surface area contributed by atoms with Crippen molar-refractivity contribution in [1.29, 1.82) is 0 Å². The second-order valence-corrected chi connectivity index (χ2v) is 5.60. The summed E-state index contributed by atoms with van der Waals surface area (Å²) < 4.78 is 6.74. The highest BCUT2D eigenvalue weighted by atomic mass is 79.9. The molecule has 0 fully saturated rings. The molecule has 5 heteroatoms. The molecule has 104 valence electrons. The molecule has 1 aliphatic rings. The Morgan fingerprint density at radius 3 is 3.05 bits per heavy atom. The number of carboxylic acids is 1. The van der Waals surface area contributed by atoms with E-state index in [2.05, 4.69) is 27.3 Å². The highest BCUT2D eigenvalue weighted by Crippen LogP contribution is 2.32. The van der Waals surface area contributed by atoms with Crippen molar-refractivity contribution in [2.75, 3.05) is 6.61 Å². The first-order chi connectivity index (χ1) is 9.11. The first-order valence-corrected chi connectivity index (χ1v) is 7.31. The van der Waals surface area contributed by atoms with E-state index >= 15 is 0 Å². The van der Waals surface area contributed by atoms with Gasteiger partial charge in [0.1, 0.15) is 11.8 Å². The molecule has 19 heavy (non-hydrogen) atoms. The van der Waals surface area contributed by atoms with Gasteiger partial charge in [0.25, 0.3) is 0 Å². The van der Waals surface area contributed by atoms with Gasteiger partial charge in [-0.2, -0.15) is 0 Å². The van der Waals surface area contributed by atoms with Gasteiger partial charge in [-0.15, -0.1) is 0 Å². The minimum Gasteiger partial charge on any atom is -0.493 e. The van der Waals surface area contributed by atoms with Crippen LogP contribution in [0.15, 0.2) is 16.6 Å². The summed E-state index contributed by atoms with van der Waals surface area (Å²) in [5.41, 5.74) is 2.21. The predicted molar refractivity (Wildman–Crippen MR) is 76.5 cm³/mol. The van der Waals surface area contributed by atoms with Crippen molar-refractivity contribution in [2.24, 2.45) is 0 Å². The molecule has 0 saturated carbocycles. The molecule has 0 spiro atoms. The van der Waals surface area contributed by atoms with Gasteiger partial charge in [0, 0.05) is 16.6 Å². The van der Waals surface area contributed by atoms with Gasteiger partial charge in [-0.05, 0) is 37.0 Å². The lowest BCUT2D eigenvalue weighted by Crippen LogP contribution is -2.35. The fourth-order valence-electron chi connectivity index (χ4n) is 2.29. The zero-order valence-electron chi connectivity index (χ0n) is 10.9. The number of ether oxygens (including phenoxy) is 1. The molecule has 0 bridgehead atoms. The van der Waals surface area contributed by atoms with Crippen LogP contribution in [0, 0.1) is 0 Å². The smallest absolute Gasteiger partial charge is 0.320 e. The molecule has 2 rings (SSSR count). The van der Waals surface area contributed by atoms with Gasteiger partial charge in [0.2, 0.25) is 0 Å². The van der Waals surface area contributed by atoms with Crippen molar-refractivity contribution in [3.05, 3.63) is 27.7 Å². The molecular formula is C14H18BrNO3. The first kappa shape index (κ1) is 14.3. The van der Waals surface area contributed by atoms with Crippen LogP contribution in [0.25, 0.3) is 0 Å². The Morgan fingerprint density at radius 1 is 1.58 bits per heavy atom. The SMILES string of the molecule is CC[C@@H](NCc1cc(Br)cc2c1OCCC2)C(=O)O. The molecule has 0 saturated heterocycles. The van der Waals surface area contributed by atoms with E-state index in [0.29, 0.717) is 13.0 Å². The summed E-state index contributed by atoms with van der Waals surface area (Å²) >= 11 is 3.49. The zero-order valence-corrected chi connectivity index (χ0v) is 12.5. The van der Waals surface area contributed by atoms with E-state index in [1.165, 1.54) is 5.56 Å². The van der Waals surface area contributed by atoms with Crippen LogP contribution in [-0.4, -0.2) is 23.7 Å². The number of aryl methyl sites for hydroxylation is 1. The van der Waals surface area contributed by atoms with Crippen LogP contribution >= 0.6 is 15.9 Å². The van der Waals surface area contributed by atoms with E-state index < -0.39 is 12.0 Å². The highest BCUT2D eigenvalue weighted by molar-refractivity contribution is 9.10. The van der Waals surface area contributed by atoms with Crippen molar-refractivity contribution < 1.29 is 14.6 Å². The highest BCUT2D eigenvalue weighted by Gasteiger charge is 2.18. The summed E-state index contributed by atoms with van der Waals surface area (Å²) in [6.07, 6.45) is 2.60. The Labute approximate surface area is 121 Å². The minimum absolute atomic E-state index is 0.507. The molecule has 0 radical (unpaired) electrons. The summed E-state index contributed by atoms with van der Waals surface area (Å²) in [6, 6.07) is 3.55. The van der Waals surface area contributed by atoms with Crippen molar-refractivity contribution in [2.45, 2.75) is 38.8 Å². The number of carboxylic acid groups (broad SMARTS) is 1. The van der Waals surface area contributed by atoms with E-state index in [1.807, 2.05) is 13.0 Å². The standard InChI is InChI=1S/C14H18BrNO3/c1-2-12(14(17)18)16-8-10-7-11(15)6-9-4-3-5-19-13(9)10/h6-7,12,16H,2-5,8H2,1H3,(H,17,18)/t12-/m1/s1. The van der Waals surface area contributed by atoms with Gasteiger partial charge in [0.05, 0.1) is 6.61 Å². The van der Waals surface area contributed by atoms with Gasteiger partial charge >= 0.3 is 5.97 Å². The van der Waals surface area contributed by atoms with Crippen LogP contribution < -0.4 is 10.1 Å². The van der Waals surface area contributed by atoms with Crippen molar-refractivity contribution in [1.82, 2.24) is 5.32 Å². The van der Waals surface area contributed by atoms with Crippen molar-refractivity contribution >= 4 is 21.9 Å². The van der Waals surface area contributed by atoms with Crippen LogP contribution in [0.3, 0.4) is 0 Å². The largest absolute Gasteiger partial charge is 0.493 e. The minimum atomic E-state index is -0.813. The number of rotatable bonds is 5. The maximum absolute atomic E-state index is 11.0. The zero-order chi connectivity index (χ0) is 13.8. The molecule has 1 aromatic carbocycles. The third-order valence-corrected chi connectivity index (χ3v) is 3.75. The van der Waals surface area contributed by atoms with E-state index in [-0.39, 0.29) is 0 Å². The number of nitrogens with one attached hydrogen (secondary N) is 1. The van der Waals surface area contributed by atoms with Crippen LogP contribution in [0.5, 0.6) is 5.75 Å². The lowest BCUT2D eigenvalue weighted by Gasteiger charge is -2.22. The Balaban J connectivity index is 2.15. The molecule has 1 aromatic rings. The summed E-state index contributed by atoms with van der Waals surface area (Å²) in [6.45, 7) is 3.10. The Bertz CT molecular complexity index is 476. The third kappa shape index (κ3) is 3.48. The second kappa shape index (κ2) is 6.39. The number of fused-ring (bicyclic) bond motifs is 1. The van der Waals surface area contributed by atoms with Crippen LogP contribution in [0.1, 0.15) is 30.9 Å². The molecule has 4 nitrogen and oxygen atoms in total. The lowest BCUT2D eigenvalue weighted by atomic mass is 10.0. The van der Waals surface area contributed by atoms with Crippen LogP contribution in [0.4, 0.5) is 0 Å². The summed E-state index contributed by atoms with van der Waals surface area (Å²) in [4.78, 5) is 11.0. The Hall–Kier alpha value is -1.07. The monoisotopic (exact) mass is 327 g/mol. The van der Waals surface area contributed by atoms with Gasteiger partial charge in [0.15, 0.2) is 0 Å². The number of halogens is 1. The third-order valence-electron chi connectivity index (χ3n) is 3.29. The van der Waals surface area contributed by atoms with Crippen molar-refractivity contribution in [3.8, 4) is 5.75 Å². The van der Waals surface area contributed by atoms with E-state index in [4.69, 9.17) is 9.84 Å². The average Bonchev–Trinajstić information content (AvgIpc) is 2.38. The van der Waals surface area contributed by atoms with Gasteiger partial charge in [-0.25, -0.2) is 0 Å². The molecule has 0 aliphatic carbocycles. The normalized spacial score (nSPS) is 15.5. The molecule has 1 aliphatic heterocycles. The number of benzene rings is 1. The summed E-state index contributed by atoms with van der Waals surface area (Å²) in [5.74, 6) is 0.106.